The summed E-state index contributed by atoms with van der Waals surface area (Å²) in [5.41, 5.74) is 5.99. The SMILES string of the molecule is CN(Cc1ncn[nH]1)C(=O)c1ccc(F)cc1N. The van der Waals surface area contributed by atoms with Crippen LogP contribution in [0, 0.1) is 5.82 Å². The summed E-state index contributed by atoms with van der Waals surface area (Å²) >= 11 is 0. The minimum absolute atomic E-state index is 0.115. The number of aromatic nitrogens is 3. The minimum atomic E-state index is -0.470. The number of carbonyl (C=O) groups excluding carboxylic acids is 1. The first-order valence-electron chi connectivity index (χ1n) is 5.22. The lowest BCUT2D eigenvalue weighted by Crippen LogP contribution is -2.27. The molecule has 0 aliphatic heterocycles. The Morgan fingerprint density at radius 2 is 2.33 bits per heavy atom. The highest BCUT2D eigenvalue weighted by Crippen LogP contribution is 2.15. The zero-order chi connectivity index (χ0) is 13.1. The van der Waals surface area contributed by atoms with Crippen LogP contribution in [0.4, 0.5) is 10.1 Å². The molecule has 0 saturated carbocycles. The zero-order valence-corrected chi connectivity index (χ0v) is 9.72. The highest BCUT2D eigenvalue weighted by molar-refractivity contribution is 5.98. The Morgan fingerprint density at radius 3 is 2.94 bits per heavy atom. The first kappa shape index (κ1) is 12.0. The number of nitrogens with two attached hydrogens (primary N) is 1. The van der Waals surface area contributed by atoms with Gasteiger partial charge in [0, 0.05) is 12.7 Å². The number of anilines is 1. The number of amides is 1. The van der Waals surface area contributed by atoms with Crippen LogP contribution in [0.15, 0.2) is 24.5 Å². The van der Waals surface area contributed by atoms with Gasteiger partial charge in [-0.25, -0.2) is 9.37 Å². The topological polar surface area (TPSA) is 87.9 Å². The molecule has 1 heterocycles. The monoisotopic (exact) mass is 249 g/mol. The molecule has 18 heavy (non-hydrogen) atoms. The second-order valence-corrected chi connectivity index (χ2v) is 3.82. The standard InChI is InChI=1S/C11H12FN5O/c1-17(5-10-14-6-15-16-10)11(18)8-3-2-7(12)4-9(8)13/h2-4,6H,5,13H2,1H3,(H,14,15,16). The highest BCUT2D eigenvalue weighted by Gasteiger charge is 2.16. The molecule has 0 saturated heterocycles. The number of hydrogen-bond acceptors (Lipinski definition) is 4. The van der Waals surface area contributed by atoms with Gasteiger partial charge in [0.2, 0.25) is 0 Å². The van der Waals surface area contributed by atoms with E-state index in [2.05, 4.69) is 15.2 Å². The van der Waals surface area contributed by atoms with E-state index in [1.807, 2.05) is 0 Å². The molecule has 1 amide bonds. The molecule has 0 atom stereocenters. The van der Waals surface area contributed by atoms with Crippen LogP contribution < -0.4 is 5.73 Å². The number of hydrogen-bond donors (Lipinski definition) is 2. The smallest absolute Gasteiger partial charge is 0.256 e. The van der Waals surface area contributed by atoms with Crippen LogP contribution >= 0.6 is 0 Å². The molecule has 0 unspecified atom stereocenters. The number of benzene rings is 1. The number of rotatable bonds is 3. The Balaban J connectivity index is 2.15. The molecular formula is C11H12FN5O. The van der Waals surface area contributed by atoms with Gasteiger partial charge in [-0.15, -0.1) is 0 Å². The van der Waals surface area contributed by atoms with E-state index in [4.69, 9.17) is 5.73 Å². The molecule has 0 fully saturated rings. The molecule has 0 bridgehead atoms. The summed E-state index contributed by atoms with van der Waals surface area (Å²) in [5, 5.41) is 6.34. The van der Waals surface area contributed by atoms with Crippen LogP contribution in [0.2, 0.25) is 0 Å². The number of carbonyl (C=O) groups is 1. The maximum atomic E-state index is 12.9. The molecule has 94 valence electrons. The maximum absolute atomic E-state index is 12.9. The molecule has 3 N–H and O–H groups in total. The Kier molecular flexibility index (Phi) is 3.22. The van der Waals surface area contributed by atoms with Crippen molar-refractivity contribution < 1.29 is 9.18 Å². The van der Waals surface area contributed by atoms with E-state index >= 15 is 0 Å². The molecule has 0 aliphatic rings. The number of nitrogens with one attached hydrogen (secondary N) is 1. The Labute approximate surface area is 103 Å². The van der Waals surface area contributed by atoms with Gasteiger partial charge >= 0.3 is 0 Å². The van der Waals surface area contributed by atoms with Gasteiger partial charge in [-0.2, -0.15) is 5.10 Å². The molecule has 6 nitrogen and oxygen atoms in total. The fourth-order valence-electron chi connectivity index (χ4n) is 1.54. The number of nitrogen functional groups attached to an aromatic ring is 1. The van der Waals surface area contributed by atoms with Gasteiger partial charge in [0.25, 0.3) is 5.91 Å². The van der Waals surface area contributed by atoms with Crippen molar-refractivity contribution >= 4 is 11.6 Å². The number of H-pyrrole nitrogens is 1. The summed E-state index contributed by atoms with van der Waals surface area (Å²) in [7, 11) is 1.60. The van der Waals surface area contributed by atoms with Crippen LogP contribution in [0.25, 0.3) is 0 Å². The third-order valence-electron chi connectivity index (χ3n) is 2.44. The summed E-state index contributed by atoms with van der Waals surface area (Å²) in [4.78, 5) is 17.4. The molecule has 2 aromatic rings. The molecular weight excluding hydrogens is 237 g/mol. The first-order valence-corrected chi connectivity index (χ1v) is 5.22. The van der Waals surface area contributed by atoms with E-state index in [-0.39, 0.29) is 23.7 Å². The van der Waals surface area contributed by atoms with Gasteiger partial charge < -0.3 is 10.6 Å². The van der Waals surface area contributed by atoms with E-state index in [1.54, 1.807) is 7.05 Å². The average Bonchev–Trinajstić information content (AvgIpc) is 2.81. The third kappa shape index (κ3) is 2.45. The Hall–Kier alpha value is -2.44. The van der Waals surface area contributed by atoms with E-state index in [0.717, 1.165) is 6.07 Å². The summed E-state index contributed by atoms with van der Waals surface area (Å²) in [6.07, 6.45) is 1.36. The summed E-state index contributed by atoms with van der Waals surface area (Å²) in [6.45, 7) is 0.273. The Bertz CT molecular complexity index is 555. The first-order chi connectivity index (χ1) is 8.58. The largest absolute Gasteiger partial charge is 0.398 e. The van der Waals surface area contributed by atoms with E-state index < -0.39 is 5.82 Å². The van der Waals surface area contributed by atoms with Crippen molar-refractivity contribution in [1.82, 2.24) is 20.1 Å². The van der Waals surface area contributed by atoms with Crippen LogP contribution in [0.1, 0.15) is 16.2 Å². The molecule has 1 aromatic heterocycles. The van der Waals surface area contributed by atoms with Crippen molar-refractivity contribution in [3.05, 3.63) is 41.7 Å². The lowest BCUT2D eigenvalue weighted by Gasteiger charge is -2.16. The predicted octanol–water partition coefficient (Wildman–Crippen LogP) is 0.798. The number of aromatic amines is 1. The van der Waals surface area contributed by atoms with Crippen molar-refractivity contribution in [2.75, 3.05) is 12.8 Å². The molecule has 0 aliphatic carbocycles. The summed E-state index contributed by atoms with van der Waals surface area (Å²) in [5.74, 6) is -0.211. The van der Waals surface area contributed by atoms with Gasteiger partial charge in [-0.3, -0.25) is 9.89 Å². The minimum Gasteiger partial charge on any atom is -0.398 e. The van der Waals surface area contributed by atoms with Crippen molar-refractivity contribution in [3.63, 3.8) is 0 Å². The van der Waals surface area contributed by atoms with Crippen molar-refractivity contribution in [2.24, 2.45) is 0 Å². The molecule has 7 heteroatoms. The van der Waals surface area contributed by atoms with Crippen molar-refractivity contribution in [3.8, 4) is 0 Å². The second-order valence-electron chi connectivity index (χ2n) is 3.82. The lowest BCUT2D eigenvalue weighted by molar-refractivity contribution is 0.0782. The quantitative estimate of drug-likeness (QED) is 0.787. The molecule has 0 spiro atoms. The maximum Gasteiger partial charge on any atom is 0.256 e. The van der Waals surface area contributed by atoms with Gasteiger partial charge in [0.1, 0.15) is 18.0 Å². The third-order valence-corrected chi connectivity index (χ3v) is 2.44. The predicted molar refractivity (Wildman–Crippen MR) is 63.0 cm³/mol. The van der Waals surface area contributed by atoms with Gasteiger partial charge in [-0.1, -0.05) is 0 Å². The van der Waals surface area contributed by atoms with Crippen LogP contribution in [-0.2, 0) is 6.54 Å². The second kappa shape index (κ2) is 4.82. The zero-order valence-electron chi connectivity index (χ0n) is 9.72. The van der Waals surface area contributed by atoms with Crippen molar-refractivity contribution in [1.29, 1.82) is 0 Å². The highest BCUT2D eigenvalue weighted by atomic mass is 19.1. The average molecular weight is 249 g/mol. The Morgan fingerprint density at radius 1 is 1.56 bits per heavy atom. The summed E-state index contributed by atoms with van der Waals surface area (Å²) < 4.78 is 12.9. The molecule has 2 rings (SSSR count). The number of nitrogens with zero attached hydrogens (tertiary/aromatic N) is 3. The summed E-state index contributed by atoms with van der Waals surface area (Å²) in [6, 6.07) is 3.69. The van der Waals surface area contributed by atoms with Gasteiger partial charge in [-0.05, 0) is 18.2 Å². The van der Waals surface area contributed by atoms with Gasteiger partial charge in [0.15, 0.2) is 0 Å². The van der Waals surface area contributed by atoms with E-state index in [9.17, 15) is 9.18 Å². The van der Waals surface area contributed by atoms with E-state index in [1.165, 1.54) is 23.4 Å². The van der Waals surface area contributed by atoms with Crippen LogP contribution in [0.3, 0.4) is 0 Å². The van der Waals surface area contributed by atoms with E-state index in [0.29, 0.717) is 5.82 Å². The normalized spacial score (nSPS) is 10.3. The fraction of sp³-hybridized carbons (Fsp3) is 0.182. The van der Waals surface area contributed by atoms with Crippen LogP contribution in [-0.4, -0.2) is 33.0 Å². The van der Waals surface area contributed by atoms with Crippen LogP contribution in [0.5, 0.6) is 0 Å². The molecule has 0 radical (unpaired) electrons. The van der Waals surface area contributed by atoms with Gasteiger partial charge in [0.05, 0.1) is 12.1 Å². The lowest BCUT2D eigenvalue weighted by atomic mass is 10.1. The fourth-order valence-corrected chi connectivity index (χ4v) is 1.54. The van der Waals surface area contributed by atoms with Crippen molar-refractivity contribution in [2.45, 2.75) is 6.54 Å². The number of halogens is 1. The molecule has 1 aromatic carbocycles.